The lowest BCUT2D eigenvalue weighted by atomic mass is 10.1. The first-order chi connectivity index (χ1) is 13.3. The number of amides is 1. The first kappa shape index (κ1) is 20.4. The van der Waals surface area contributed by atoms with Crippen molar-refractivity contribution < 1.29 is 4.79 Å². The lowest BCUT2D eigenvalue weighted by Crippen LogP contribution is -2.30. The van der Waals surface area contributed by atoms with E-state index in [0.717, 1.165) is 30.2 Å². The smallest absolute Gasteiger partial charge is 0.272 e. The second kappa shape index (κ2) is 8.33. The average Bonchev–Trinajstić information content (AvgIpc) is 3.14. The lowest BCUT2D eigenvalue weighted by Gasteiger charge is -2.27. The average molecular weight is 384 g/mol. The van der Waals surface area contributed by atoms with Crippen LogP contribution in [0.25, 0.3) is 0 Å². The minimum absolute atomic E-state index is 0.148. The van der Waals surface area contributed by atoms with Crippen molar-refractivity contribution in [3.05, 3.63) is 41.3 Å². The molecule has 0 aromatic carbocycles. The predicted octanol–water partition coefficient (Wildman–Crippen LogP) is 4.08. The number of aromatic nitrogens is 3. The van der Waals surface area contributed by atoms with Gasteiger partial charge in [0.05, 0.1) is 5.54 Å². The summed E-state index contributed by atoms with van der Waals surface area (Å²) in [7, 11) is 0. The molecule has 1 aliphatic heterocycles. The maximum absolute atomic E-state index is 12.6. The van der Waals surface area contributed by atoms with Crippen molar-refractivity contribution in [1.29, 1.82) is 0 Å². The van der Waals surface area contributed by atoms with Gasteiger partial charge in [0, 0.05) is 31.5 Å². The van der Waals surface area contributed by atoms with Crippen molar-refractivity contribution >= 4 is 11.7 Å². The molecular weight excluding hydrogens is 350 g/mol. The molecular formula is C22H33N5O. The van der Waals surface area contributed by atoms with Crippen LogP contribution in [0.2, 0.25) is 0 Å². The second-order valence-electron chi connectivity index (χ2n) is 8.95. The van der Waals surface area contributed by atoms with E-state index >= 15 is 0 Å². The van der Waals surface area contributed by atoms with E-state index in [0.29, 0.717) is 18.2 Å². The molecule has 152 valence electrons. The third-order valence-corrected chi connectivity index (χ3v) is 5.14. The Balaban J connectivity index is 1.64. The fraction of sp³-hybridized carbons (Fsp3) is 0.591. The van der Waals surface area contributed by atoms with Gasteiger partial charge in [0.2, 0.25) is 0 Å². The molecule has 0 spiro atoms. The molecule has 0 aliphatic carbocycles. The molecule has 3 heterocycles. The van der Waals surface area contributed by atoms with Gasteiger partial charge in [-0.1, -0.05) is 19.9 Å². The van der Waals surface area contributed by atoms with Gasteiger partial charge in [-0.05, 0) is 63.6 Å². The Morgan fingerprint density at radius 1 is 1.18 bits per heavy atom. The molecule has 28 heavy (non-hydrogen) atoms. The number of pyridine rings is 1. The molecule has 0 bridgehead atoms. The summed E-state index contributed by atoms with van der Waals surface area (Å²) in [5, 5.41) is 7.55. The predicted molar refractivity (Wildman–Crippen MR) is 113 cm³/mol. The Morgan fingerprint density at radius 2 is 1.89 bits per heavy atom. The van der Waals surface area contributed by atoms with E-state index in [1.165, 1.54) is 19.3 Å². The van der Waals surface area contributed by atoms with Crippen LogP contribution < -0.4 is 10.2 Å². The highest BCUT2D eigenvalue weighted by Crippen LogP contribution is 2.23. The molecule has 1 fully saturated rings. The molecule has 1 saturated heterocycles. The molecule has 2 aromatic heterocycles. The molecule has 0 atom stereocenters. The number of rotatable bonds is 5. The van der Waals surface area contributed by atoms with Crippen LogP contribution in [0, 0.1) is 0 Å². The minimum Gasteiger partial charge on any atom is -0.357 e. The first-order valence-corrected chi connectivity index (χ1v) is 10.3. The Kier molecular flexibility index (Phi) is 6.06. The molecule has 1 aliphatic rings. The van der Waals surface area contributed by atoms with Crippen LogP contribution in [-0.4, -0.2) is 33.8 Å². The molecule has 0 radical (unpaired) electrons. The van der Waals surface area contributed by atoms with Crippen molar-refractivity contribution in [3.63, 3.8) is 0 Å². The molecule has 0 unspecified atom stereocenters. The Bertz CT molecular complexity index is 795. The maximum atomic E-state index is 12.6. The fourth-order valence-corrected chi connectivity index (χ4v) is 3.56. The van der Waals surface area contributed by atoms with Crippen molar-refractivity contribution in [2.75, 3.05) is 18.0 Å². The van der Waals surface area contributed by atoms with E-state index in [4.69, 9.17) is 0 Å². The number of piperidine rings is 1. The summed E-state index contributed by atoms with van der Waals surface area (Å²) >= 11 is 0. The van der Waals surface area contributed by atoms with E-state index in [1.807, 2.05) is 23.0 Å². The first-order valence-electron chi connectivity index (χ1n) is 10.3. The van der Waals surface area contributed by atoms with E-state index in [2.05, 4.69) is 61.0 Å². The number of carbonyl (C=O) groups excluding carboxylic acids is 1. The number of hydrogen-bond donors (Lipinski definition) is 1. The van der Waals surface area contributed by atoms with Gasteiger partial charge in [-0.25, -0.2) is 4.98 Å². The summed E-state index contributed by atoms with van der Waals surface area (Å²) in [6, 6.07) is 6.01. The fourth-order valence-electron chi connectivity index (χ4n) is 3.56. The summed E-state index contributed by atoms with van der Waals surface area (Å²) < 4.78 is 1.96. The van der Waals surface area contributed by atoms with Crippen molar-refractivity contribution in [3.8, 4) is 0 Å². The van der Waals surface area contributed by atoms with Crippen LogP contribution in [0.4, 0.5) is 5.82 Å². The number of anilines is 1. The SMILES string of the molecule is CC(C)c1cc(C(=O)NCc2ccc(N3CCCCC3)nc2)nn1C(C)(C)C. The lowest BCUT2D eigenvalue weighted by molar-refractivity contribution is 0.0944. The van der Waals surface area contributed by atoms with Gasteiger partial charge in [-0.15, -0.1) is 0 Å². The van der Waals surface area contributed by atoms with Crippen LogP contribution in [0.3, 0.4) is 0 Å². The highest BCUT2D eigenvalue weighted by atomic mass is 16.1. The summed E-state index contributed by atoms with van der Waals surface area (Å²) in [6.45, 7) is 13.2. The highest BCUT2D eigenvalue weighted by molar-refractivity contribution is 5.92. The molecule has 1 N–H and O–H groups in total. The summed E-state index contributed by atoms with van der Waals surface area (Å²) in [6.07, 6.45) is 5.64. The molecule has 2 aromatic rings. The quantitative estimate of drug-likeness (QED) is 0.845. The van der Waals surface area contributed by atoms with Gasteiger partial charge in [0.1, 0.15) is 11.5 Å². The maximum Gasteiger partial charge on any atom is 0.272 e. The van der Waals surface area contributed by atoms with Crippen LogP contribution in [0.15, 0.2) is 24.4 Å². The standard InChI is InChI=1S/C22H33N5O/c1-16(2)19-13-18(25-27(19)22(3,4)5)21(28)24-15-17-9-10-20(23-14-17)26-11-7-6-8-12-26/h9-10,13-14,16H,6-8,11-12,15H2,1-5H3,(H,24,28). The molecule has 1 amide bonds. The molecule has 3 rings (SSSR count). The van der Waals surface area contributed by atoms with E-state index in [-0.39, 0.29) is 11.4 Å². The zero-order valence-electron chi connectivity index (χ0n) is 17.8. The van der Waals surface area contributed by atoms with E-state index < -0.39 is 0 Å². The second-order valence-corrected chi connectivity index (χ2v) is 8.95. The zero-order chi connectivity index (χ0) is 20.3. The normalized spacial score (nSPS) is 15.1. The third kappa shape index (κ3) is 4.72. The van der Waals surface area contributed by atoms with Crippen LogP contribution in [-0.2, 0) is 12.1 Å². The zero-order valence-corrected chi connectivity index (χ0v) is 17.8. The summed E-state index contributed by atoms with van der Waals surface area (Å²) in [5.41, 5.74) is 2.38. The van der Waals surface area contributed by atoms with Crippen LogP contribution in [0.1, 0.15) is 81.5 Å². The number of carbonyl (C=O) groups is 1. The number of hydrogen-bond acceptors (Lipinski definition) is 4. The van der Waals surface area contributed by atoms with Crippen molar-refractivity contribution in [2.24, 2.45) is 0 Å². The molecule has 6 heteroatoms. The minimum atomic E-state index is -0.160. The Labute approximate surface area is 168 Å². The van der Waals surface area contributed by atoms with Crippen LogP contribution >= 0.6 is 0 Å². The van der Waals surface area contributed by atoms with E-state index in [9.17, 15) is 4.79 Å². The van der Waals surface area contributed by atoms with Crippen molar-refractivity contribution in [2.45, 2.75) is 71.9 Å². The Morgan fingerprint density at radius 3 is 2.43 bits per heavy atom. The van der Waals surface area contributed by atoms with Gasteiger partial charge in [0.15, 0.2) is 0 Å². The van der Waals surface area contributed by atoms with Crippen molar-refractivity contribution in [1.82, 2.24) is 20.1 Å². The third-order valence-electron chi connectivity index (χ3n) is 5.14. The highest BCUT2D eigenvalue weighted by Gasteiger charge is 2.23. The van der Waals surface area contributed by atoms with Gasteiger partial charge in [-0.2, -0.15) is 5.10 Å². The van der Waals surface area contributed by atoms with Crippen LogP contribution in [0.5, 0.6) is 0 Å². The number of nitrogens with zero attached hydrogens (tertiary/aromatic N) is 4. The monoisotopic (exact) mass is 383 g/mol. The van der Waals surface area contributed by atoms with Gasteiger partial charge in [0.25, 0.3) is 5.91 Å². The topological polar surface area (TPSA) is 63.1 Å². The van der Waals surface area contributed by atoms with Gasteiger partial charge >= 0.3 is 0 Å². The molecule has 6 nitrogen and oxygen atoms in total. The largest absolute Gasteiger partial charge is 0.357 e. The number of nitrogens with one attached hydrogen (secondary N) is 1. The summed E-state index contributed by atoms with van der Waals surface area (Å²) in [4.78, 5) is 19.5. The molecule has 0 saturated carbocycles. The van der Waals surface area contributed by atoms with Gasteiger partial charge in [-0.3, -0.25) is 9.48 Å². The van der Waals surface area contributed by atoms with Gasteiger partial charge < -0.3 is 10.2 Å². The summed E-state index contributed by atoms with van der Waals surface area (Å²) in [5.74, 6) is 1.19. The van der Waals surface area contributed by atoms with E-state index in [1.54, 1.807) is 0 Å². The Hall–Kier alpha value is -2.37.